The quantitative estimate of drug-likeness (QED) is 0.721. The monoisotopic (exact) mass is 402 g/mol. The summed E-state index contributed by atoms with van der Waals surface area (Å²) in [6.07, 6.45) is -0.0815. The molecule has 100 valence electrons. The van der Waals surface area contributed by atoms with Gasteiger partial charge in [0.25, 0.3) is 0 Å². The average Bonchev–Trinajstić information content (AvgIpc) is 2.32. The van der Waals surface area contributed by atoms with Crippen LogP contribution in [0, 0.1) is 6.92 Å². The van der Waals surface area contributed by atoms with Crippen molar-refractivity contribution in [3.8, 4) is 0 Å². The van der Waals surface area contributed by atoms with Gasteiger partial charge in [0.1, 0.15) is 0 Å². The zero-order valence-corrected chi connectivity index (χ0v) is 14.3. The smallest absolute Gasteiger partial charge is 0.0841 e. The van der Waals surface area contributed by atoms with Gasteiger partial charge in [-0.3, -0.25) is 0 Å². The highest BCUT2D eigenvalue weighted by molar-refractivity contribution is 9.11. The molecule has 0 spiro atoms. The van der Waals surface area contributed by atoms with Crippen LogP contribution in [0.25, 0.3) is 0 Å². The van der Waals surface area contributed by atoms with Crippen molar-refractivity contribution in [2.24, 2.45) is 0 Å². The molecule has 0 aliphatic carbocycles. The lowest BCUT2D eigenvalue weighted by atomic mass is 10.0. The Morgan fingerprint density at radius 1 is 1.16 bits per heavy atom. The normalized spacial score (nSPS) is 12.5. The molecule has 19 heavy (non-hydrogen) atoms. The molecule has 0 fully saturated rings. The topological polar surface area (TPSA) is 20.2 Å². The lowest BCUT2D eigenvalue weighted by molar-refractivity contribution is 0.177. The van der Waals surface area contributed by atoms with Crippen molar-refractivity contribution in [1.29, 1.82) is 0 Å². The summed E-state index contributed by atoms with van der Waals surface area (Å²) in [7, 11) is 0. The third-order valence-corrected chi connectivity index (χ3v) is 4.48. The number of aryl methyl sites for hydroxylation is 1. The summed E-state index contributed by atoms with van der Waals surface area (Å²) >= 11 is 13.1. The zero-order chi connectivity index (χ0) is 14.0. The number of aliphatic hydroxyl groups is 1. The van der Waals surface area contributed by atoms with Crippen molar-refractivity contribution >= 4 is 43.5 Å². The molecule has 0 radical (unpaired) electrons. The molecule has 1 unspecified atom stereocenters. The maximum Gasteiger partial charge on any atom is 0.0841 e. The first-order chi connectivity index (χ1) is 8.97. The predicted octanol–water partition coefficient (Wildman–Crippen LogP) is 5.45. The Morgan fingerprint density at radius 3 is 2.53 bits per heavy atom. The molecule has 0 saturated heterocycles. The summed E-state index contributed by atoms with van der Waals surface area (Å²) < 4.78 is 1.86. The number of benzene rings is 2. The molecule has 2 aromatic rings. The van der Waals surface area contributed by atoms with Crippen LogP contribution in [0.4, 0.5) is 0 Å². The zero-order valence-electron chi connectivity index (χ0n) is 10.3. The van der Waals surface area contributed by atoms with Gasteiger partial charge in [-0.2, -0.15) is 0 Å². The van der Waals surface area contributed by atoms with Gasteiger partial charge in [-0.15, -0.1) is 0 Å². The minimum Gasteiger partial charge on any atom is -0.388 e. The van der Waals surface area contributed by atoms with Crippen LogP contribution in [0.1, 0.15) is 22.8 Å². The molecule has 4 heteroatoms. The van der Waals surface area contributed by atoms with Crippen molar-refractivity contribution in [3.63, 3.8) is 0 Å². The number of hydrogen-bond donors (Lipinski definition) is 1. The van der Waals surface area contributed by atoms with E-state index < -0.39 is 6.10 Å². The van der Waals surface area contributed by atoms with Gasteiger partial charge in [-0.25, -0.2) is 0 Å². The van der Waals surface area contributed by atoms with Gasteiger partial charge in [0.15, 0.2) is 0 Å². The molecule has 2 aromatic carbocycles. The summed E-state index contributed by atoms with van der Waals surface area (Å²) in [5, 5.41) is 11.0. The minimum atomic E-state index is -0.581. The maximum atomic E-state index is 10.3. The second-order valence-corrected chi connectivity index (χ2v) is 6.66. The van der Waals surface area contributed by atoms with Crippen LogP contribution < -0.4 is 0 Å². The number of rotatable bonds is 3. The third-order valence-electron chi connectivity index (χ3n) is 2.94. The first-order valence-electron chi connectivity index (χ1n) is 5.85. The SMILES string of the molecule is Cc1ccc(CC(O)c2ccc(Br)cc2Br)c(Cl)c1. The van der Waals surface area contributed by atoms with Crippen LogP contribution >= 0.6 is 43.5 Å². The minimum absolute atomic E-state index is 0.499. The summed E-state index contributed by atoms with van der Waals surface area (Å²) in [5.41, 5.74) is 2.93. The van der Waals surface area contributed by atoms with Crippen molar-refractivity contribution in [2.45, 2.75) is 19.4 Å². The van der Waals surface area contributed by atoms with Gasteiger partial charge >= 0.3 is 0 Å². The first-order valence-corrected chi connectivity index (χ1v) is 7.82. The van der Waals surface area contributed by atoms with Crippen LogP contribution in [-0.2, 0) is 6.42 Å². The molecule has 2 rings (SSSR count). The fourth-order valence-corrected chi connectivity index (χ4v) is 3.53. The molecule has 1 atom stereocenters. The van der Waals surface area contributed by atoms with Gasteiger partial charge in [0.2, 0.25) is 0 Å². The molecule has 0 aliphatic heterocycles. The second-order valence-electron chi connectivity index (χ2n) is 4.48. The molecule has 0 aliphatic rings. The fourth-order valence-electron chi connectivity index (χ4n) is 1.91. The molecule has 1 nitrogen and oxygen atoms in total. The number of halogens is 3. The highest BCUT2D eigenvalue weighted by atomic mass is 79.9. The van der Waals surface area contributed by atoms with Gasteiger partial charge in [-0.1, -0.05) is 61.7 Å². The van der Waals surface area contributed by atoms with Crippen molar-refractivity contribution in [1.82, 2.24) is 0 Å². The predicted molar refractivity (Wildman–Crippen MR) is 86.7 cm³/mol. The fraction of sp³-hybridized carbons (Fsp3) is 0.200. The number of aliphatic hydroxyl groups excluding tert-OH is 1. The van der Waals surface area contributed by atoms with Gasteiger partial charge in [0, 0.05) is 20.4 Å². The average molecular weight is 405 g/mol. The van der Waals surface area contributed by atoms with E-state index in [1.54, 1.807) is 0 Å². The van der Waals surface area contributed by atoms with Crippen molar-refractivity contribution in [3.05, 3.63) is 67.1 Å². The maximum absolute atomic E-state index is 10.3. The van der Waals surface area contributed by atoms with Crippen LogP contribution in [0.5, 0.6) is 0 Å². The van der Waals surface area contributed by atoms with E-state index in [4.69, 9.17) is 11.6 Å². The Labute approximate surface area is 134 Å². The van der Waals surface area contributed by atoms with Gasteiger partial charge < -0.3 is 5.11 Å². The summed E-state index contributed by atoms with van der Waals surface area (Å²) in [6, 6.07) is 11.6. The van der Waals surface area contributed by atoms with E-state index in [1.165, 1.54) is 0 Å². The van der Waals surface area contributed by atoms with Crippen LogP contribution in [0.3, 0.4) is 0 Å². The van der Waals surface area contributed by atoms with E-state index in [1.807, 2.05) is 43.3 Å². The summed E-state index contributed by atoms with van der Waals surface area (Å²) in [4.78, 5) is 0. The van der Waals surface area contributed by atoms with Crippen molar-refractivity contribution < 1.29 is 5.11 Å². The molecule has 0 bridgehead atoms. The largest absolute Gasteiger partial charge is 0.388 e. The Hall–Kier alpha value is -0.350. The first kappa shape index (κ1) is 15.0. The van der Waals surface area contributed by atoms with Gasteiger partial charge in [-0.05, 0) is 41.8 Å². The lowest BCUT2D eigenvalue weighted by Crippen LogP contribution is -2.03. The Kier molecular flexibility index (Phi) is 5.07. The van der Waals surface area contributed by atoms with Crippen LogP contribution in [0.15, 0.2) is 45.3 Å². The lowest BCUT2D eigenvalue weighted by Gasteiger charge is -2.14. The van der Waals surface area contributed by atoms with E-state index in [2.05, 4.69) is 31.9 Å². The Morgan fingerprint density at radius 2 is 1.89 bits per heavy atom. The van der Waals surface area contributed by atoms with E-state index in [-0.39, 0.29) is 0 Å². The molecule has 0 aromatic heterocycles. The highest BCUT2D eigenvalue weighted by Gasteiger charge is 2.14. The van der Waals surface area contributed by atoms with Crippen LogP contribution in [-0.4, -0.2) is 5.11 Å². The molecule has 0 heterocycles. The van der Waals surface area contributed by atoms with E-state index >= 15 is 0 Å². The van der Waals surface area contributed by atoms with E-state index in [0.29, 0.717) is 11.4 Å². The van der Waals surface area contributed by atoms with Crippen LogP contribution in [0.2, 0.25) is 5.02 Å². The summed E-state index contributed by atoms with van der Waals surface area (Å²) in [5.74, 6) is 0. The summed E-state index contributed by atoms with van der Waals surface area (Å²) in [6.45, 7) is 2.00. The third kappa shape index (κ3) is 3.82. The standard InChI is InChI=1S/C15H13Br2ClO/c1-9-2-3-10(14(18)6-9)7-15(19)12-5-4-11(16)8-13(12)17/h2-6,8,15,19H,7H2,1H3. The highest BCUT2D eigenvalue weighted by Crippen LogP contribution is 2.30. The molecular formula is C15H13Br2ClO. The van der Waals surface area contributed by atoms with E-state index in [9.17, 15) is 5.11 Å². The molecule has 0 amide bonds. The Bertz CT molecular complexity index is 599. The number of hydrogen-bond acceptors (Lipinski definition) is 1. The Balaban J connectivity index is 2.23. The van der Waals surface area contributed by atoms with Gasteiger partial charge in [0.05, 0.1) is 6.10 Å². The molecular weight excluding hydrogens is 391 g/mol. The second kappa shape index (κ2) is 6.40. The molecule has 0 saturated carbocycles. The van der Waals surface area contributed by atoms with E-state index in [0.717, 1.165) is 25.6 Å². The molecule has 1 N–H and O–H groups in total. The van der Waals surface area contributed by atoms with Crippen molar-refractivity contribution in [2.75, 3.05) is 0 Å².